The Kier molecular flexibility index (Phi) is 3.15. The summed E-state index contributed by atoms with van der Waals surface area (Å²) in [5, 5.41) is 0. The van der Waals surface area contributed by atoms with Crippen molar-refractivity contribution in [2.45, 2.75) is 31.8 Å². The first-order chi connectivity index (χ1) is 10.3. The first-order valence-corrected chi connectivity index (χ1v) is 7.81. The predicted octanol–water partition coefficient (Wildman–Crippen LogP) is 3.37. The smallest absolute Gasteiger partial charge is 0.0438 e. The Hall–Kier alpha value is -1.87. The third-order valence-corrected chi connectivity index (χ3v) is 4.73. The Balaban J connectivity index is 1.61. The molecule has 2 heterocycles. The van der Waals surface area contributed by atoms with Gasteiger partial charge in [-0.05, 0) is 54.7 Å². The van der Waals surface area contributed by atoms with Crippen molar-refractivity contribution in [1.82, 2.24) is 9.88 Å². The first kappa shape index (κ1) is 12.8. The fourth-order valence-electron chi connectivity index (χ4n) is 3.24. The zero-order chi connectivity index (χ0) is 14.2. The van der Waals surface area contributed by atoms with Crippen LogP contribution in [0, 0.1) is 0 Å². The minimum Gasteiger partial charge on any atom is -0.345 e. The van der Waals surface area contributed by atoms with E-state index in [1.54, 1.807) is 0 Å². The number of benzene rings is 1. The molecule has 21 heavy (non-hydrogen) atoms. The van der Waals surface area contributed by atoms with Gasteiger partial charge in [0.05, 0.1) is 0 Å². The molecule has 2 aromatic rings. The summed E-state index contributed by atoms with van der Waals surface area (Å²) in [7, 11) is 2.12. The molecule has 1 aliphatic heterocycles. The van der Waals surface area contributed by atoms with E-state index < -0.39 is 0 Å². The normalized spacial score (nSPS) is 18.3. The SMILES string of the molecule is CN(c1ccncc1)c1ccc2c(c1)CN(C1CC1)CC2. The minimum atomic E-state index is 0.861. The van der Waals surface area contributed by atoms with E-state index in [2.05, 4.69) is 52.2 Å². The van der Waals surface area contributed by atoms with E-state index >= 15 is 0 Å². The molecule has 3 nitrogen and oxygen atoms in total. The first-order valence-electron chi connectivity index (χ1n) is 7.81. The maximum Gasteiger partial charge on any atom is 0.0438 e. The van der Waals surface area contributed by atoms with Crippen molar-refractivity contribution in [2.75, 3.05) is 18.5 Å². The highest BCUT2D eigenvalue weighted by atomic mass is 15.2. The highest BCUT2D eigenvalue weighted by Crippen LogP contribution is 2.33. The van der Waals surface area contributed by atoms with Crippen molar-refractivity contribution < 1.29 is 0 Å². The topological polar surface area (TPSA) is 19.4 Å². The van der Waals surface area contributed by atoms with E-state index in [0.717, 1.165) is 12.6 Å². The highest BCUT2D eigenvalue weighted by molar-refractivity contribution is 5.63. The molecule has 0 radical (unpaired) electrons. The summed E-state index contributed by atoms with van der Waals surface area (Å²) >= 11 is 0. The van der Waals surface area contributed by atoms with Gasteiger partial charge in [-0.3, -0.25) is 9.88 Å². The summed E-state index contributed by atoms with van der Waals surface area (Å²) in [5.74, 6) is 0. The molecule has 0 amide bonds. The van der Waals surface area contributed by atoms with Crippen molar-refractivity contribution in [2.24, 2.45) is 0 Å². The molecular weight excluding hydrogens is 258 g/mol. The summed E-state index contributed by atoms with van der Waals surface area (Å²) in [6, 6.07) is 11.9. The van der Waals surface area contributed by atoms with Crippen LogP contribution in [0.25, 0.3) is 0 Å². The lowest BCUT2D eigenvalue weighted by Crippen LogP contribution is -2.32. The molecule has 1 aliphatic carbocycles. The summed E-state index contributed by atoms with van der Waals surface area (Å²) in [6.07, 6.45) is 7.68. The maximum absolute atomic E-state index is 4.09. The van der Waals surface area contributed by atoms with Crippen LogP contribution in [0.3, 0.4) is 0 Å². The van der Waals surface area contributed by atoms with Crippen LogP contribution in [-0.4, -0.2) is 29.5 Å². The molecule has 1 fully saturated rings. The van der Waals surface area contributed by atoms with Gasteiger partial charge in [0.15, 0.2) is 0 Å². The molecule has 1 aromatic heterocycles. The predicted molar refractivity (Wildman–Crippen MR) is 85.9 cm³/mol. The van der Waals surface area contributed by atoms with Gasteiger partial charge in [-0.1, -0.05) is 6.07 Å². The Labute approximate surface area is 126 Å². The van der Waals surface area contributed by atoms with Crippen LogP contribution in [0.15, 0.2) is 42.7 Å². The molecule has 3 heteroatoms. The molecule has 2 aliphatic rings. The highest BCUT2D eigenvalue weighted by Gasteiger charge is 2.31. The average Bonchev–Trinajstić information content (AvgIpc) is 3.39. The lowest BCUT2D eigenvalue weighted by Gasteiger charge is -2.30. The molecule has 0 unspecified atom stereocenters. The molecule has 108 valence electrons. The van der Waals surface area contributed by atoms with Gasteiger partial charge in [-0.2, -0.15) is 0 Å². The summed E-state index contributed by atoms with van der Waals surface area (Å²) in [4.78, 5) is 8.98. The number of aromatic nitrogens is 1. The van der Waals surface area contributed by atoms with E-state index in [1.807, 2.05) is 12.4 Å². The molecule has 1 aromatic carbocycles. The van der Waals surface area contributed by atoms with Gasteiger partial charge in [0.2, 0.25) is 0 Å². The lowest BCUT2D eigenvalue weighted by atomic mass is 9.98. The third kappa shape index (κ3) is 2.54. The maximum atomic E-state index is 4.09. The Bertz CT molecular complexity index is 634. The standard InChI is InChI=1S/C18H21N3/c1-20(16-6-9-19-10-7-16)18-3-2-14-8-11-21(17-4-5-17)13-15(14)12-18/h2-3,6-7,9-10,12,17H,4-5,8,11,13H2,1H3. The minimum absolute atomic E-state index is 0.861. The van der Waals surface area contributed by atoms with Gasteiger partial charge < -0.3 is 4.90 Å². The Morgan fingerprint density at radius 1 is 1.05 bits per heavy atom. The second kappa shape index (κ2) is 5.15. The number of fused-ring (bicyclic) bond motifs is 1. The van der Waals surface area contributed by atoms with Gasteiger partial charge in [0.1, 0.15) is 0 Å². The van der Waals surface area contributed by atoms with Crippen LogP contribution >= 0.6 is 0 Å². The fourth-order valence-corrected chi connectivity index (χ4v) is 3.24. The number of nitrogens with zero attached hydrogens (tertiary/aromatic N) is 3. The second-order valence-electron chi connectivity index (χ2n) is 6.17. The third-order valence-electron chi connectivity index (χ3n) is 4.73. The Morgan fingerprint density at radius 2 is 1.86 bits per heavy atom. The van der Waals surface area contributed by atoms with E-state index in [1.165, 1.54) is 48.3 Å². The van der Waals surface area contributed by atoms with Crippen molar-refractivity contribution in [3.63, 3.8) is 0 Å². The van der Waals surface area contributed by atoms with Crippen LogP contribution in [-0.2, 0) is 13.0 Å². The van der Waals surface area contributed by atoms with Crippen LogP contribution in [0.5, 0.6) is 0 Å². The van der Waals surface area contributed by atoms with Crippen LogP contribution in [0.1, 0.15) is 24.0 Å². The molecule has 0 saturated heterocycles. The number of pyridine rings is 1. The van der Waals surface area contributed by atoms with Gasteiger partial charge >= 0.3 is 0 Å². The molecule has 0 bridgehead atoms. The monoisotopic (exact) mass is 279 g/mol. The quantitative estimate of drug-likeness (QED) is 0.858. The summed E-state index contributed by atoms with van der Waals surface area (Å²) < 4.78 is 0. The van der Waals surface area contributed by atoms with Crippen LogP contribution < -0.4 is 4.90 Å². The van der Waals surface area contributed by atoms with Crippen molar-refractivity contribution in [3.8, 4) is 0 Å². The van der Waals surface area contributed by atoms with Crippen molar-refractivity contribution in [3.05, 3.63) is 53.9 Å². The number of anilines is 2. The summed E-state index contributed by atoms with van der Waals surface area (Å²) in [6.45, 7) is 2.36. The zero-order valence-corrected chi connectivity index (χ0v) is 12.5. The largest absolute Gasteiger partial charge is 0.345 e. The van der Waals surface area contributed by atoms with E-state index in [4.69, 9.17) is 0 Å². The second-order valence-corrected chi connectivity index (χ2v) is 6.17. The van der Waals surface area contributed by atoms with Crippen molar-refractivity contribution in [1.29, 1.82) is 0 Å². The van der Waals surface area contributed by atoms with E-state index in [0.29, 0.717) is 0 Å². The molecule has 1 saturated carbocycles. The van der Waals surface area contributed by atoms with Gasteiger partial charge in [0.25, 0.3) is 0 Å². The van der Waals surface area contributed by atoms with E-state index in [-0.39, 0.29) is 0 Å². The average molecular weight is 279 g/mol. The van der Waals surface area contributed by atoms with E-state index in [9.17, 15) is 0 Å². The molecule has 0 N–H and O–H groups in total. The number of rotatable bonds is 3. The lowest BCUT2D eigenvalue weighted by molar-refractivity contribution is 0.244. The van der Waals surface area contributed by atoms with Gasteiger partial charge in [-0.15, -0.1) is 0 Å². The van der Waals surface area contributed by atoms with Crippen LogP contribution in [0.4, 0.5) is 11.4 Å². The van der Waals surface area contributed by atoms with Gasteiger partial charge in [-0.25, -0.2) is 0 Å². The van der Waals surface area contributed by atoms with Gasteiger partial charge in [0, 0.05) is 49.9 Å². The van der Waals surface area contributed by atoms with Crippen LogP contribution in [0.2, 0.25) is 0 Å². The number of hydrogen-bond donors (Lipinski definition) is 0. The zero-order valence-electron chi connectivity index (χ0n) is 12.5. The molecular formula is C18H21N3. The summed E-state index contributed by atoms with van der Waals surface area (Å²) in [5.41, 5.74) is 5.47. The molecule has 4 rings (SSSR count). The van der Waals surface area contributed by atoms with Crippen molar-refractivity contribution >= 4 is 11.4 Å². The molecule has 0 atom stereocenters. The fraction of sp³-hybridized carbons (Fsp3) is 0.389. The Morgan fingerprint density at radius 3 is 2.62 bits per heavy atom. The number of hydrogen-bond acceptors (Lipinski definition) is 3. The molecule has 0 spiro atoms.